The Labute approximate surface area is 109 Å². The average Bonchev–Trinajstić information content (AvgIpc) is 2.39. The average molecular weight is 259 g/mol. The van der Waals surface area contributed by atoms with Gasteiger partial charge in [0.2, 0.25) is 6.41 Å². The fraction of sp³-hybridized carbons (Fsp3) is 0.923. The first-order valence-electron chi connectivity index (χ1n) is 6.86. The Morgan fingerprint density at radius 3 is 2.11 bits per heavy atom. The third-order valence-corrected chi connectivity index (χ3v) is 3.07. The van der Waals surface area contributed by atoms with Gasteiger partial charge in [0, 0.05) is 26.3 Å². The van der Waals surface area contributed by atoms with Gasteiger partial charge in [0.1, 0.15) is 0 Å². The van der Waals surface area contributed by atoms with Gasteiger partial charge in [0.05, 0.1) is 12.5 Å². The highest BCUT2D eigenvalue weighted by molar-refractivity contribution is 5.72. The van der Waals surface area contributed by atoms with E-state index < -0.39 is 0 Å². The smallest absolute Gasteiger partial charge is 0.309 e. The Bertz CT molecular complexity index is 233. The van der Waals surface area contributed by atoms with Crippen LogP contribution in [0.15, 0.2) is 0 Å². The van der Waals surface area contributed by atoms with Crippen LogP contribution in [-0.4, -0.2) is 50.2 Å². The molecule has 0 aliphatic carbocycles. The third kappa shape index (κ3) is 4.55. The molecule has 0 aromatic rings. The topological polar surface area (TPSA) is 48.0 Å². The number of nitrogens with zero attached hydrogens (tertiary/aromatic N) is 1. The molecule has 0 saturated carbocycles. The highest BCUT2D eigenvalue weighted by Crippen LogP contribution is 2.21. The Morgan fingerprint density at radius 2 is 1.67 bits per heavy atom. The highest BCUT2D eigenvalue weighted by Gasteiger charge is 2.29. The summed E-state index contributed by atoms with van der Waals surface area (Å²) in [4.78, 5) is 13.8. The van der Waals surface area contributed by atoms with Crippen molar-refractivity contribution in [3.05, 3.63) is 0 Å². The fourth-order valence-corrected chi connectivity index (χ4v) is 2.15. The van der Waals surface area contributed by atoms with Gasteiger partial charge in [-0.25, -0.2) is 0 Å². The van der Waals surface area contributed by atoms with Gasteiger partial charge < -0.3 is 14.2 Å². The summed E-state index contributed by atoms with van der Waals surface area (Å²) in [6.07, 6.45) is 1.36. The largest absolute Gasteiger partial charge is 0.466 e. The van der Waals surface area contributed by atoms with E-state index in [1.54, 1.807) is 0 Å². The molecule has 106 valence electrons. The van der Waals surface area contributed by atoms with Crippen molar-refractivity contribution in [3.8, 4) is 0 Å². The van der Waals surface area contributed by atoms with Crippen LogP contribution in [0.4, 0.5) is 0 Å². The maximum absolute atomic E-state index is 11.6. The molecule has 0 radical (unpaired) electrons. The molecular formula is C13H25NO4. The van der Waals surface area contributed by atoms with Gasteiger partial charge in [-0.05, 0) is 33.6 Å². The van der Waals surface area contributed by atoms with E-state index in [2.05, 4.69) is 4.90 Å². The number of ether oxygens (including phenoxy) is 3. The molecule has 1 fully saturated rings. The van der Waals surface area contributed by atoms with Crippen LogP contribution in [0.2, 0.25) is 0 Å². The lowest BCUT2D eigenvalue weighted by atomic mass is 9.97. The van der Waals surface area contributed by atoms with Crippen molar-refractivity contribution < 1.29 is 19.0 Å². The van der Waals surface area contributed by atoms with Crippen LogP contribution >= 0.6 is 0 Å². The lowest BCUT2D eigenvalue weighted by Crippen LogP contribution is -2.45. The normalized spacial score (nSPS) is 18.2. The summed E-state index contributed by atoms with van der Waals surface area (Å²) in [6.45, 7) is 9.09. The first-order chi connectivity index (χ1) is 8.72. The number of carbonyl (C=O) groups excluding carboxylic acids is 1. The van der Waals surface area contributed by atoms with Crippen LogP contribution in [0.5, 0.6) is 0 Å². The van der Waals surface area contributed by atoms with E-state index in [0.717, 1.165) is 25.9 Å². The zero-order chi connectivity index (χ0) is 13.4. The van der Waals surface area contributed by atoms with Crippen LogP contribution in [0.25, 0.3) is 0 Å². The summed E-state index contributed by atoms with van der Waals surface area (Å²) in [5, 5.41) is 0. The zero-order valence-electron chi connectivity index (χ0n) is 11.7. The maximum Gasteiger partial charge on any atom is 0.309 e. The molecule has 0 aromatic carbocycles. The molecular weight excluding hydrogens is 234 g/mol. The molecule has 0 amide bonds. The molecule has 1 saturated heterocycles. The van der Waals surface area contributed by atoms with E-state index in [1.807, 2.05) is 20.8 Å². The van der Waals surface area contributed by atoms with Crippen molar-refractivity contribution in [2.45, 2.75) is 40.0 Å². The number of rotatable bonds is 7. The van der Waals surface area contributed by atoms with Gasteiger partial charge in [-0.2, -0.15) is 0 Å². The van der Waals surface area contributed by atoms with Crippen LogP contribution in [0.1, 0.15) is 33.6 Å². The standard InChI is InChI=1S/C13H25NO4/c1-4-16-12(15)11-7-9-14(10-8-11)13(17-5-2)18-6-3/h11,13H,4-10H2,1-3H3. The van der Waals surface area contributed by atoms with Gasteiger partial charge in [0.25, 0.3) is 0 Å². The predicted molar refractivity (Wildman–Crippen MR) is 68.0 cm³/mol. The van der Waals surface area contributed by atoms with Gasteiger partial charge in [-0.3, -0.25) is 9.69 Å². The van der Waals surface area contributed by atoms with Crippen molar-refractivity contribution in [2.75, 3.05) is 32.9 Å². The molecule has 0 unspecified atom stereocenters. The minimum absolute atomic E-state index is 0.0325. The van der Waals surface area contributed by atoms with Crippen LogP contribution < -0.4 is 0 Å². The molecule has 1 aliphatic rings. The molecule has 5 nitrogen and oxygen atoms in total. The minimum atomic E-state index is -0.275. The molecule has 0 atom stereocenters. The van der Waals surface area contributed by atoms with Crippen LogP contribution in [-0.2, 0) is 19.0 Å². The van der Waals surface area contributed by atoms with Gasteiger partial charge >= 0.3 is 5.97 Å². The Kier molecular flexibility index (Phi) is 7.23. The number of hydrogen-bond acceptors (Lipinski definition) is 5. The lowest BCUT2D eigenvalue weighted by Gasteiger charge is -2.35. The Hall–Kier alpha value is -0.650. The number of piperidine rings is 1. The summed E-state index contributed by atoms with van der Waals surface area (Å²) in [5.41, 5.74) is 0. The number of hydrogen-bond donors (Lipinski definition) is 0. The van der Waals surface area contributed by atoms with Gasteiger partial charge in [-0.15, -0.1) is 0 Å². The molecule has 0 aromatic heterocycles. The Balaban J connectivity index is 2.38. The van der Waals surface area contributed by atoms with Crippen molar-refractivity contribution >= 4 is 5.97 Å². The molecule has 18 heavy (non-hydrogen) atoms. The summed E-state index contributed by atoms with van der Waals surface area (Å²) >= 11 is 0. The Morgan fingerprint density at radius 1 is 1.11 bits per heavy atom. The van der Waals surface area contributed by atoms with E-state index in [4.69, 9.17) is 14.2 Å². The first kappa shape index (κ1) is 15.4. The van der Waals surface area contributed by atoms with Crippen molar-refractivity contribution in [1.82, 2.24) is 4.90 Å². The summed E-state index contributed by atoms with van der Waals surface area (Å²) in [6, 6.07) is 0. The monoisotopic (exact) mass is 259 g/mol. The van der Waals surface area contributed by atoms with Gasteiger partial charge in [0.15, 0.2) is 0 Å². The summed E-state index contributed by atoms with van der Waals surface area (Å²) < 4.78 is 16.2. The van der Waals surface area contributed by atoms with E-state index in [0.29, 0.717) is 19.8 Å². The second-order valence-corrected chi connectivity index (χ2v) is 4.28. The highest BCUT2D eigenvalue weighted by atomic mass is 16.7. The first-order valence-corrected chi connectivity index (χ1v) is 6.86. The third-order valence-electron chi connectivity index (χ3n) is 3.07. The van der Waals surface area contributed by atoms with E-state index >= 15 is 0 Å². The van der Waals surface area contributed by atoms with Crippen molar-refractivity contribution in [3.63, 3.8) is 0 Å². The molecule has 0 bridgehead atoms. The second kappa shape index (κ2) is 8.45. The molecule has 5 heteroatoms. The lowest BCUT2D eigenvalue weighted by molar-refractivity contribution is -0.226. The van der Waals surface area contributed by atoms with Gasteiger partial charge in [-0.1, -0.05) is 0 Å². The molecule has 1 rings (SSSR count). The molecule has 1 heterocycles. The van der Waals surface area contributed by atoms with Crippen LogP contribution in [0, 0.1) is 5.92 Å². The second-order valence-electron chi connectivity index (χ2n) is 4.28. The maximum atomic E-state index is 11.6. The van der Waals surface area contributed by atoms with Crippen molar-refractivity contribution in [1.29, 1.82) is 0 Å². The van der Waals surface area contributed by atoms with Crippen molar-refractivity contribution in [2.24, 2.45) is 5.92 Å². The van der Waals surface area contributed by atoms with E-state index in [9.17, 15) is 4.79 Å². The summed E-state index contributed by atoms with van der Waals surface area (Å²) in [5.74, 6) is -0.0355. The van der Waals surface area contributed by atoms with E-state index in [1.165, 1.54) is 0 Å². The number of esters is 1. The SMILES string of the molecule is CCOC(=O)C1CCN(C(OCC)OCC)CC1. The predicted octanol–water partition coefficient (Wildman–Crippen LogP) is 1.62. The van der Waals surface area contributed by atoms with Crippen LogP contribution in [0.3, 0.4) is 0 Å². The molecule has 0 N–H and O–H groups in total. The zero-order valence-corrected chi connectivity index (χ0v) is 11.7. The minimum Gasteiger partial charge on any atom is -0.466 e. The molecule has 0 spiro atoms. The number of carbonyl (C=O) groups is 1. The van der Waals surface area contributed by atoms with E-state index in [-0.39, 0.29) is 18.3 Å². The number of likely N-dealkylation sites (tertiary alicyclic amines) is 1. The quantitative estimate of drug-likeness (QED) is 0.513. The summed E-state index contributed by atoms with van der Waals surface area (Å²) in [7, 11) is 0. The molecule has 1 aliphatic heterocycles. The fourth-order valence-electron chi connectivity index (χ4n) is 2.15.